The molecule has 0 spiro atoms. The first-order valence-corrected chi connectivity index (χ1v) is 8.89. The van der Waals surface area contributed by atoms with E-state index in [9.17, 15) is 13.2 Å². The maximum Gasteiger partial charge on any atom is 0.338 e. The molecule has 124 valence electrons. The molecule has 0 bridgehead atoms. The highest BCUT2D eigenvalue weighted by Crippen LogP contribution is 2.33. The molecule has 0 aliphatic carbocycles. The summed E-state index contributed by atoms with van der Waals surface area (Å²) in [7, 11) is -2.24. The van der Waals surface area contributed by atoms with E-state index in [1.165, 1.54) is 7.11 Å². The first-order chi connectivity index (χ1) is 10.9. The van der Waals surface area contributed by atoms with Gasteiger partial charge >= 0.3 is 16.0 Å². The number of quaternary nitrogens is 1. The first-order valence-electron chi connectivity index (χ1n) is 7.28. The van der Waals surface area contributed by atoms with E-state index in [0.29, 0.717) is 11.3 Å². The third-order valence-corrected chi connectivity index (χ3v) is 6.07. The van der Waals surface area contributed by atoms with Crippen molar-refractivity contribution in [2.24, 2.45) is 5.73 Å². The van der Waals surface area contributed by atoms with Crippen molar-refractivity contribution < 1.29 is 17.9 Å². The summed E-state index contributed by atoms with van der Waals surface area (Å²) in [6.07, 6.45) is 5.27. The average molecular weight is 337 g/mol. The van der Waals surface area contributed by atoms with Gasteiger partial charge in [0.1, 0.15) is 12.7 Å². The van der Waals surface area contributed by atoms with Crippen molar-refractivity contribution in [3.63, 3.8) is 0 Å². The summed E-state index contributed by atoms with van der Waals surface area (Å²) in [5.41, 5.74) is 7.22. The maximum atomic E-state index is 12.8. The summed E-state index contributed by atoms with van der Waals surface area (Å²) < 4.78 is 30.0. The topological polar surface area (TPSA) is 86.5 Å². The van der Waals surface area contributed by atoms with Crippen LogP contribution in [0.4, 0.5) is 5.69 Å². The van der Waals surface area contributed by atoms with Gasteiger partial charge in [0.05, 0.1) is 18.4 Å². The van der Waals surface area contributed by atoms with Crippen LogP contribution in [-0.2, 0) is 14.8 Å². The molecule has 1 aliphatic heterocycles. The predicted molar refractivity (Wildman–Crippen MR) is 90.2 cm³/mol. The second-order valence-corrected chi connectivity index (χ2v) is 7.59. The average Bonchev–Trinajstić information content (AvgIpc) is 2.60. The van der Waals surface area contributed by atoms with E-state index in [2.05, 4.69) is 0 Å². The molecule has 1 aromatic carbocycles. The molecule has 1 unspecified atom stereocenters. The summed E-state index contributed by atoms with van der Waals surface area (Å²) >= 11 is 0. The Morgan fingerprint density at radius 1 is 1.39 bits per heavy atom. The van der Waals surface area contributed by atoms with Crippen LogP contribution in [0.1, 0.15) is 17.3 Å². The van der Waals surface area contributed by atoms with E-state index in [1.807, 2.05) is 6.08 Å². The molecule has 0 radical (unpaired) electrons. The van der Waals surface area contributed by atoms with Gasteiger partial charge in [0.15, 0.2) is 5.69 Å². The van der Waals surface area contributed by atoms with Gasteiger partial charge in [0, 0.05) is 24.3 Å². The number of sulfonamides is 1. The fourth-order valence-corrected chi connectivity index (χ4v) is 4.10. The predicted octanol–water partition coefficient (Wildman–Crippen LogP) is 1.54. The summed E-state index contributed by atoms with van der Waals surface area (Å²) in [6.45, 7) is 2.10. The van der Waals surface area contributed by atoms with Gasteiger partial charge in [-0.15, -0.1) is 0 Å². The molecule has 1 aromatic rings. The van der Waals surface area contributed by atoms with E-state index in [1.54, 1.807) is 43.5 Å². The Kier molecular flexibility index (Phi) is 5.03. The molecule has 6 nitrogen and oxygen atoms in total. The molecule has 0 saturated heterocycles. The smallest absolute Gasteiger partial charge is 0.338 e. The van der Waals surface area contributed by atoms with Crippen molar-refractivity contribution in [1.29, 1.82) is 0 Å². The van der Waals surface area contributed by atoms with E-state index >= 15 is 0 Å². The zero-order valence-corrected chi connectivity index (χ0v) is 14.0. The lowest BCUT2D eigenvalue weighted by Crippen LogP contribution is -2.51. The third-order valence-electron chi connectivity index (χ3n) is 3.88. The minimum Gasteiger partial charge on any atom is -0.465 e. The van der Waals surface area contributed by atoms with Crippen LogP contribution in [-0.4, -0.2) is 40.3 Å². The Labute approximate surface area is 136 Å². The Bertz CT molecular complexity index is 768. The Morgan fingerprint density at radius 3 is 2.74 bits per heavy atom. The zero-order valence-electron chi connectivity index (χ0n) is 13.2. The molecule has 1 aliphatic rings. The second-order valence-electron chi connectivity index (χ2n) is 5.20. The van der Waals surface area contributed by atoms with Crippen LogP contribution in [0.3, 0.4) is 0 Å². The van der Waals surface area contributed by atoms with Gasteiger partial charge in [-0.2, -0.15) is 12.3 Å². The van der Waals surface area contributed by atoms with E-state index in [4.69, 9.17) is 10.5 Å². The molecule has 1 atom stereocenters. The maximum absolute atomic E-state index is 12.8. The number of carbonyl (C=O) groups excluding carboxylic acids is 1. The molecule has 0 aromatic heterocycles. The van der Waals surface area contributed by atoms with Crippen LogP contribution in [0.5, 0.6) is 0 Å². The number of esters is 1. The van der Waals surface area contributed by atoms with Crippen LogP contribution in [0.15, 0.2) is 48.2 Å². The molecule has 7 heteroatoms. The molecule has 0 fully saturated rings. The van der Waals surface area contributed by atoms with E-state index in [-0.39, 0.29) is 22.7 Å². The zero-order chi connectivity index (χ0) is 17.1. The highest BCUT2D eigenvalue weighted by atomic mass is 32.2. The third kappa shape index (κ3) is 3.08. The highest BCUT2D eigenvalue weighted by Gasteiger charge is 2.42. The SMILES string of the molecule is CCS(=O)(=O)[N+]1(c2cccc(C(=O)OC)c2)C=C(CN)C=CC1. The van der Waals surface area contributed by atoms with Gasteiger partial charge < -0.3 is 10.5 Å². The second kappa shape index (κ2) is 6.66. The lowest BCUT2D eigenvalue weighted by Gasteiger charge is -2.34. The van der Waals surface area contributed by atoms with E-state index in [0.717, 1.165) is 5.57 Å². The largest absolute Gasteiger partial charge is 0.465 e. The van der Waals surface area contributed by atoms with Crippen molar-refractivity contribution >= 4 is 21.7 Å². The number of benzene rings is 1. The minimum absolute atomic E-state index is 0.0301. The minimum atomic E-state index is -3.53. The van der Waals surface area contributed by atoms with Crippen molar-refractivity contribution in [2.75, 3.05) is 26.0 Å². The lowest BCUT2D eigenvalue weighted by molar-refractivity contribution is 0.0600. The Morgan fingerprint density at radius 2 is 2.13 bits per heavy atom. The Balaban J connectivity index is 2.68. The summed E-state index contributed by atoms with van der Waals surface area (Å²) in [4.78, 5) is 11.8. The van der Waals surface area contributed by atoms with E-state index < -0.39 is 16.0 Å². The van der Waals surface area contributed by atoms with Gasteiger partial charge in [-0.05, 0) is 19.1 Å². The van der Waals surface area contributed by atoms with Crippen LogP contribution in [0.25, 0.3) is 0 Å². The number of hydrogen-bond donors (Lipinski definition) is 1. The van der Waals surface area contributed by atoms with Crippen LogP contribution < -0.4 is 9.62 Å². The molecule has 0 saturated carbocycles. The molecular formula is C16H21N2O4S+. The summed E-state index contributed by atoms with van der Waals surface area (Å²) in [5.74, 6) is -0.535. The fraction of sp³-hybridized carbons (Fsp3) is 0.312. The summed E-state index contributed by atoms with van der Waals surface area (Å²) in [5, 5.41) is 0. The molecule has 2 N–H and O–H groups in total. The van der Waals surface area contributed by atoms with Crippen molar-refractivity contribution in [3.8, 4) is 0 Å². The number of nitrogens with two attached hydrogens (primary N) is 1. The number of rotatable bonds is 5. The number of carbonyl (C=O) groups is 1. The molecule has 1 heterocycles. The van der Waals surface area contributed by atoms with Crippen LogP contribution in [0, 0.1) is 0 Å². The van der Waals surface area contributed by atoms with Crippen LogP contribution >= 0.6 is 0 Å². The number of methoxy groups -OCH3 is 1. The first kappa shape index (κ1) is 17.4. The molecular weight excluding hydrogens is 316 g/mol. The quantitative estimate of drug-likeness (QED) is 0.650. The lowest BCUT2D eigenvalue weighted by atomic mass is 10.1. The van der Waals surface area contributed by atoms with Gasteiger partial charge in [-0.25, -0.2) is 4.79 Å². The van der Waals surface area contributed by atoms with Gasteiger partial charge in [0.25, 0.3) is 0 Å². The van der Waals surface area contributed by atoms with Crippen molar-refractivity contribution in [2.45, 2.75) is 6.92 Å². The molecule has 0 amide bonds. The monoisotopic (exact) mass is 337 g/mol. The van der Waals surface area contributed by atoms with Gasteiger partial charge in [0.2, 0.25) is 0 Å². The highest BCUT2D eigenvalue weighted by molar-refractivity contribution is 7.91. The number of nitrogens with zero attached hydrogens (tertiary/aromatic N) is 1. The van der Waals surface area contributed by atoms with Crippen LogP contribution in [0.2, 0.25) is 0 Å². The Hall–Kier alpha value is -1.96. The number of hydrogen-bond acceptors (Lipinski definition) is 5. The number of ether oxygens (including phenoxy) is 1. The molecule has 23 heavy (non-hydrogen) atoms. The standard InChI is InChI=1S/C16H21N2O4S/c1-3-23(20,21)18(9-5-6-13(11-17)12-18)15-8-4-7-14(10-15)16(19)22-2/h4-8,10,12H,3,9,11,17H2,1-2H3/q+1. The fourth-order valence-electron chi connectivity index (χ4n) is 2.60. The van der Waals surface area contributed by atoms with Gasteiger partial charge in [-0.3, -0.25) is 0 Å². The van der Waals surface area contributed by atoms with Crippen molar-refractivity contribution in [1.82, 2.24) is 3.89 Å². The van der Waals surface area contributed by atoms with Gasteiger partial charge in [-0.1, -0.05) is 12.1 Å². The normalized spacial score (nSPS) is 20.9. The van der Waals surface area contributed by atoms with Crippen molar-refractivity contribution in [3.05, 3.63) is 53.8 Å². The summed E-state index contributed by atoms with van der Waals surface area (Å²) in [6, 6.07) is 6.51. The molecule has 2 rings (SSSR count).